The van der Waals surface area contributed by atoms with Crippen molar-refractivity contribution in [1.82, 2.24) is 4.90 Å². The van der Waals surface area contributed by atoms with Crippen LogP contribution in [0.4, 0.5) is 0 Å². The zero-order chi connectivity index (χ0) is 16.7. The number of likely N-dealkylation sites (tertiary alicyclic amines) is 1. The monoisotopic (exact) mass is 353 g/mol. The van der Waals surface area contributed by atoms with Gasteiger partial charge in [0.15, 0.2) is 0 Å². The summed E-state index contributed by atoms with van der Waals surface area (Å²) in [5.41, 5.74) is 2.37. The minimum absolute atomic E-state index is 0. The highest BCUT2D eigenvalue weighted by Gasteiger charge is 2.17. The van der Waals surface area contributed by atoms with E-state index in [1.807, 2.05) is 6.92 Å². The topological polar surface area (TPSA) is 29.5 Å². The molecule has 1 aromatic carbocycles. The van der Waals surface area contributed by atoms with Crippen molar-refractivity contribution in [2.45, 2.75) is 52.4 Å². The van der Waals surface area contributed by atoms with Gasteiger partial charge in [-0.15, -0.1) is 12.4 Å². The number of carbonyl (C=O) groups is 1. The van der Waals surface area contributed by atoms with Crippen LogP contribution in [0.2, 0.25) is 0 Å². The van der Waals surface area contributed by atoms with Crippen molar-refractivity contribution in [3.8, 4) is 0 Å². The molecule has 24 heavy (non-hydrogen) atoms. The second-order valence-electron chi connectivity index (χ2n) is 7.13. The molecule has 1 saturated heterocycles. The van der Waals surface area contributed by atoms with Gasteiger partial charge in [-0.2, -0.15) is 0 Å². The highest BCUT2D eigenvalue weighted by atomic mass is 35.5. The van der Waals surface area contributed by atoms with E-state index in [1.54, 1.807) is 0 Å². The Labute approximate surface area is 153 Å². The first-order valence-electron chi connectivity index (χ1n) is 9.04. The van der Waals surface area contributed by atoms with E-state index >= 15 is 0 Å². The summed E-state index contributed by atoms with van der Waals surface area (Å²) in [6.07, 6.45) is 4.95. The highest BCUT2D eigenvalue weighted by molar-refractivity contribution is 5.85. The Balaban J connectivity index is 0.00000288. The molecule has 0 spiro atoms. The van der Waals surface area contributed by atoms with Crippen LogP contribution in [-0.2, 0) is 16.0 Å². The Bertz CT molecular complexity index is 481. The van der Waals surface area contributed by atoms with Crippen LogP contribution in [0.25, 0.3) is 0 Å². The van der Waals surface area contributed by atoms with Crippen molar-refractivity contribution in [2.75, 3.05) is 26.2 Å². The molecule has 0 aromatic heterocycles. The number of hydrogen-bond donors (Lipinski definition) is 0. The normalized spacial score (nSPS) is 16.5. The molecule has 0 aliphatic carbocycles. The zero-order valence-electron chi connectivity index (χ0n) is 15.3. The second kappa shape index (κ2) is 10.7. The van der Waals surface area contributed by atoms with E-state index < -0.39 is 0 Å². The summed E-state index contributed by atoms with van der Waals surface area (Å²) in [6, 6.07) is 8.39. The van der Waals surface area contributed by atoms with Crippen LogP contribution in [0, 0.1) is 5.92 Å². The van der Waals surface area contributed by atoms with Crippen LogP contribution in [0.3, 0.4) is 0 Å². The highest BCUT2D eigenvalue weighted by Crippen LogP contribution is 2.19. The van der Waals surface area contributed by atoms with Crippen LogP contribution in [0.5, 0.6) is 0 Å². The number of esters is 1. The third-order valence-electron chi connectivity index (χ3n) is 4.58. The summed E-state index contributed by atoms with van der Waals surface area (Å²) in [6.45, 7) is 10.0. The molecular weight excluding hydrogens is 322 g/mol. The molecular formula is C20H32ClNO2. The molecule has 1 atom stereocenters. The molecule has 0 bridgehead atoms. The maximum atomic E-state index is 12.2. The fourth-order valence-electron chi connectivity index (χ4n) is 3.13. The number of halogens is 1. The molecule has 0 N–H and O–H groups in total. The van der Waals surface area contributed by atoms with Gasteiger partial charge in [0.25, 0.3) is 0 Å². The molecule has 1 fully saturated rings. The molecule has 0 amide bonds. The number of rotatable bonds is 7. The van der Waals surface area contributed by atoms with Gasteiger partial charge in [0.05, 0.1) is 5.92 Å². The average molecular weight is 354 g/mol. The van der Waals surface area contributed by atoms with Crippen molar-refractivity contribution in [1.29, 1.82) is 0 Å². The van der Waals surface area contributed by atoms with Gasteiger partial charge in [-0.1, -0.05) is 44.5 Å². The fourth-order valence-corrected chi connectivity index (χ4v) is 3.13. The quantitative estimate of drug-likeness (QED) is 0.679. The van der Waals surface area contributed by atoms with Crippen molar-refractivity contribution >= 4 is 18.4 Å². The van der Waals surface area contributed by atoms with E-state index in [1.165, 1.54) is 24.8 Å². The summed E-state index contributed by atoms with van der Waals surface area (Å²) < 4.78 is 5.48. The Morgan fingerprint density at radius 2 is 1.71 bits per heavy atom. The van der Waals surface area contributed by atoms with Crippen molar-refractivity contribution < 1.29 is 9.53 Å². The second-order valence-corrected chi connectivity index (χ2v) is 7.13. The van der Waals surface area contributed by atoms with Gasteiger partial charge < -0.3 is 4.74 Å². The first kappa shape index (κ1) is 21.0. The maximum absolute atomic E-state index is 12.2. The molecule has 1 unspecified atom stereocenters. The van der Waals surface area contributed by atoms with Crippen molar-refractivity contribution in [3.63, 3.8) is 0 Å². The molecule has 1 heterocycles. The van der Waals surface area contributed by atoms with Crippen LogP contribution < -0.4 is 0 Å². The van der Waals surface area contributed by atoms with Crippen molar-refractivity contribution in [2.24, 2.45) is 5.92 Å². The van der Waals surface area contributed by atoms with Gasteiger partial charge in [0, 0.05) is 6.54 Å². The van der Waals surface area contributed by atoms with E-state index in [0.717, 1.165) is 31.6 Å². The lowest BCUT2D eigenvalue weighted by Gasteiger charge is -2.26. The molecule has 3 nitrogen and oxygen atoms in total. The lowest BCUT2D eigenvalue weighted by atomic mass is 9.97. The van der Waals surface area contributed by atoms with Crippen LogP contribution in [-0.4, -0.2) is 37.1 Å². The van der Waals surface area contributed by atoms with Crippen molar-refractivity contribution in [3.05, 3.63) is 35.4 Å². The molecule has 136 valence electrons. The van der Waals surface area contributed by atoms with E-state index in [-0.39, 0.29) is 24.3 Å². The lowest BCUT2D eigenvalue weighted by molar-refractivity contribution is -0.145. The molecule has 1 aliphatic rings. The fraction of sp³-hybridized carbons (Fsp3) is 0.650. The predicted molar refractivity (Wildman–Crippen MR) is 102 cm³/mol. The lowest BCUT2D eigenvalue weighted by Crippen LogP contribution is -2.33. The van der Waals surface area contributed by atoms with Crippen LogP contribution in [0.1, 0.15) is 57.1 Å². The standard InChI is InChI=1S/C20H31NO2.ClH/c1-16(2)15-18-7-9-19(10-8-18)17(3)20(22)23-14-13-21-11-5-4-6-12-21;/h7-10,16-17H,4-6,11-15H2,1-3H3;1H. The van der Waals surface area contributed by atoms with Gasteiger partial charge in [0.2, 0.25) is 0 Å². The summed E-state index contributed by atoms with van der Waals surface area (Å²) in [5, 5.41) is 0. The zero-order valence-corrected chi connectivity index (χ0v) is 16.1. The largest absolute Gasteiger partial charge is 0.464 e. The third kappa shape index (κ3) is 6.82. The number of hydrogen-bond acceptors (Lipinski definition) is 3. The predicted octanol–water partition coefficient (Wildman–Crippen LogP) is 4.44. The number of carbonyl (C=O) groups excluding carboxylic acids is 1. The number of piperidine rings is 1. The van der Waals surface area contributed by atoms with Gasteiger partial charge in [-0.3, -0.25) is 9.69 Å². The minimum atomic E-state index is -0.190. The van der Waals surface area contributed by atoms with Gasteiger partial charge >= 0.3 is 5.97 Å². The summed E-state index contributed by atoms with van der Waals surface area (Å²) >= 11 is 0. The third-order valence-corrected chi connectivity index (χ3v) is 4.58. The molecule has 4 heteroatoms. The molecule has 2 rings (SSSR count). The number of ether oxygens (including phenoxy) is 1. The van der Waals surface area contributed by atoms with Crippen LogP contribution in [0.15, 0.2) is 24.3 Å². The van der Waals surface area contributed by atoms with E-state index in [4.69, 9.17) is 4.74 Å². The van der Waals surface area contributed by atoms with Gasteiger partial charge in [0.1, 0.15) is 6.61 Å². The van der Waals surface area contributed by atoms with Crippen LogP contribution >= 0.6 is 12.4 Å². The smallest absolute Gasteiger partial charge is 0.313 e. The molecule has 1 aromatic rings. The molecule has 0 saturated carbocycles. The Kier molecular flexibility index (Phi) is 9.38. The summed E-state index contributed by atoms with van der Waals surface area (Å²) in [5.74, 6) is 0.348. The molecule has 1 aliphatic heterocycles. The first-order valence-corrected chi connectivity index (χ1v) is 9.04. The molecule has 0 radical (unpaired) electrons. The van der Waals surface area contributed by atoms with E-state index in [2.05, 4.69) is 43.0 Å². The summed E-state index contributed by atoms with van der Waals surface area (Å²) in [4.78, 5) is 14.6. The Hall–Kier alpha value is -1.06. The SMILES string of the molecule is CC(C)Cc1ccc(C(C)C(=O)OCCN2CCCCC2)cc1.Cl. The van der Waals surface area contributed by atoms with E-state index in [9.17, 15) is 4.79 Å². The van der Waals surface area contributed by atoms with Gasteiger partial charge in [-0.05, 0) is 56.3 Å². The maximum Gasteiger partial charge on any atom is 0.313 e. The Morgan fingerprint density at radius 3 is 2.29 bits per heavy atom. The van der Waals surface area contributed by atoms with E-state index in [0.29, 0.717) is 12.5 Å². The average Bonchev–Trinajstić information content (AvgIpc) is 2.55. The van der Waals surface area contributed by atoms with Gasteiger partial charge in [-0.25, -0.2) is 0 Å². The number of nitrogens with zero attached hydrogens (tertiary/aromatic N) is 1. The summed E-state index contributed by atoms with van der Waals surface area (Å²) in [7, 11) is 0. The number of benzene rings is 1. The first-order chi connectivity index (χ1) is 11.1. The Morgan fingerprint density at radius 1 is 1.08 bits per heavy atom. The minimum Gasteiger partial charge on any atom is -0.464 e.